The maximum atomic E-state index is 12.4. The van der Waals surface area contributed by atoms with Crippen LogP contribution in [-0.2, 0) is 4.79 Å². The molecule has 3 rings (SSSR count). The van der Waals surface area contributed by atoms with E-state index in [1.54, 1.807) is 19.1 Å². The lowest BCUT2D eigenvalue weighted by atomic mass is 10.2. The number of aryl methyl sites for hydroxylation is 1. The Balaban J connectivity index is 1.70. The molecule has 0 aliphatic carbocycles. The lowest BCUT2D eigenvalue weighted by Crippen LogP contribution is -2.23. The minimum Gasteiger partial charge on any atom is -0.335 e. The normalized spacial score (nSPS) is 12.0. The van der Waals surface area contributed by atoms with E-state index in [9.17, 15) is 4.79 Å². The number of rotatable bonds is 5. The largest absolute Gasteiger partial charge is 0.335 e. The molecule has 0 bridgehead atoms. The number of amides is 1. The van der Waals surface area contributed by atoms with Gasteiger partial charge in [0, 0.05) is 16.3 Å². The van der Waals surface area contributed by atoms with Crippen molar-refractivity contribution in [2.75, 3.05) is 11.2 Å². The van der Waals surface area contributed by atoms with Crippen LogP contribution in [0, 0.1) is 6.92 Å². The van der Waals surface area contributed by atoms with E-state index in [-0.39, 0.29) is 5.91 Å². The number of nitrogens with two attached hydrogens (primary N) is 1. The summed E-state index contributed by atoms with van der Waals surface area (Å²) in [5, 5.41) is 11.7. The molecule has 3 N–H and O–H groups in total. The second-order valence-electron chi connectivity index (χ2n) is 5.80. The van der Waals surface area contributed by atoms with Gasteiger partial charge in [0.25, 0.3) is 0 Å². The average Bonchev–Trinajstić information content (AvgIpc) is 2.97. The molecule has 0 fully saturated rings. The van der Waals surface area contributed by atoms with Crippen molar-refractivity contribution < 1.29 is 4.79 Å². The first-order valence-electron chi connectivity index (χ1n) is 7.94. The van der Waals surface area contributed by atoms with Crippen molar-refractivity contribution in [3.8, 4) is 11.4 Å². The van der Waals surface area contributed by atoms with Crippen LogP contribution in [0.15, 0.2) is 53.7 Å². The fraction of sp³-hybridized carbons (Fsp3) is 0.167. The van der Waals surface area contributed by atoms with E-state index >= 15 is 0 Å². The minimum atomic E-state index is -0.394. The number of nitrogen functional groups attached to an aromatic ring is 1. The van der Waals surface area contributed by atoms with Gasteiger partial charge in [-0.3, -0.25) is 4.79 Å². The topological polar surface area (TPSA) is 85.8 Å². The number of benzene rings is 2. The van der Waals surface area contributed by atoms with Gasteiger partial charge < -0.3 is 11.2 Å². The maximum Gasteiger partial charge on any atom is 0.237 e. The maximum absolute atomic E-state index is 12.4. The number of thioether (sulfide) groups is 1. The summed E-state index contributed by atoms with van der Waals surface area (Å²) < 4.78 is 1.37. The molecule has 0 saturated carbocycles. The van der Waals surface area contributed by atoms with Crippen molar-refractivity contribution in [2.24, 2.45) is 0 Å². The first kappa shape index (κ1) is 18.3. The molecule has 0 unspecified atom stereocenters. The van der Waals surface area contributed by atoms with E-state index in [0.29, 0.717) is 16.0 Å². The highest BCUT2D eigenvalue weighted by Gasteiger charge is 2.20. The molecule has 1 aromatic heterocycles. The van der Waals surface area contributed by atoms with Crippen molar-refractivity contribution in [1.82, 2.24) is 14.9 Å². The van der Waals surface area contributed by atoms with E-state index in [2.05, 4.69) is 15.5 Å². The quantitative estimate of drug-likeness (QED) is 0.514. The smallest absolute Gasteiger partial charge is 0.237 e. The Labute approximate surface area is 160 Å². The number of hydrogen-bond acceptors (Lipinski definition) is 5. The van der Waals surface area contributed by atoms with Gasteiger partial charge in [-0.25, -0.2) is 4.68 Å². The molecule has 2 aromatic carbocycles. The molecule has 0 aliphatic rings. The van der Waals surface area contributed by atoms with Gasteiger partial charge in [0.2, 0.25) is 11.1 Å². The number of nitrogens with zero attached hydrogens (tertiary/aromatic N) is 3. The molecule has 1 heterocycles. The van der Waals surface area contributed by atoms with Gasteiger partial charge in [0.15, 0.2) is 5.82 Å². The summed E-state index contributed by atoms with van der Waals surface area (Å²) in [6, 6.07) is 14.8. The van der Waals surface area contributed by atoms with E-state index < -0.39 is 5.25 Å². The predicted molar refractivity (Wildman–Crippen MR) is 106 cm³/mol. The van der Waals surface area contributed by atoms with Gasteiger partial charge in [-0.1, -0.05) is 53.2 Å². The van der Waals surface area contributed by atoms with Gasteiger partial charge >= 0.3 is 0 Å². The average molecular weight is 388 g/mol. The predicted octanol–water partition coefficient (Wildman–Crippen LogP) is 3.74. The molecule has 3 aromatic rings. The zero-order valence-corrected chi connectivity index (χ0v) is 15.9. The molecule has 1 amide bonds. The Bertz CT molecular complexity index is 926. The Kier molecular flexibility index (Phi) is 5.49. The van der Waals surface area contributed by atoms with Crippen LogP contribution < -0.4 is 11.2 Å². The van der Waals surface area contributed by atoms with Gasteiger partial charge in [0.1, 0.15) is 0 Å². The van der Waals surface area contributed by atoms with Gasteiger partial charge in [-0.05, 0) is 38.1 Å². The lowest BCUT2D eigenvalue weighted by molar-refractivity contribution is -0.115. The van der Waals surface area contributed by atoms with Crippen LogP contribution >= 0.6 is 23.4 Å². The second-order valence-corrected chi connectivity index (χ2v) is 7.55. The van der Waals surface area contributed by atoms with Crippen LogP contribution in [0.3, 0.4) is 0 Å². The first-order chi connectivity index (χ1) is 12.4. The first-order valence-corrected chi connectivity index (χ1v) is 9.20. The molecule has 8 heteroatoms. The molecule has 1 atom stereocenters. The highest BCUT2D eigenvalue weighted by atomic mass is 35.5. The summed E-state index contributed by atoms with van der Waals surface area (Å²) in [6.07, 6.45) is 0. The molecule has 0 radical (unpaired) electrons. The number of halogens is 1. The summed E-state index contributed by atoms with van der Waals surface area (Å²) in [6.45, 7) is 3.79. The van der Waals surface area contributed by atoms with Gasteiger partial charge in [0.05, 0.1) is 5.25 Å². The van der Waals surface area contributed by atoms with E-state index in [1.165, 1.54) is 16.4 Å². The van der Waals surface area contributed by atoms with Crippen LogP contribution in [0.25, 0.3) is 11.4 Å². The SMILES string of the molecule is Cc1ccc(NC(=O)[C@H](C)Sc2nnc(-c3cccc(Cl)c3)n2N)cc1. The Hall–Kier alpha value is -2.51. The standard InChI is InChI=1S/C18H18ClN5OS/c1-11-6-8-15(9-7-11)21-17(25)12(2)26-18-23-22-16(24(18)20)13-4-3-5-14(19)10-13/h3-10,12H,20H2,1-2H3,(H,21,25)/t12-/m0/s1. The van der Waals surface area contributed by atoms with Crippen LogP contribution in [0.1, 0.15) is 12.5 Å². The van der Waals surface area contributed by atoms with Crippen molar-refractivity contribution in [1.29, 1.82) is 0 Å². The molecule has 0 saturated heterocycles. The second kappa shape index (κ2) is 7.80. The van der Waals surface area contributed by atoms with Gasteiger partial charge in [-0.15, -0.1) is 10.2 Å². The van der Waals surface area contributed by atoms with Crippen molar-refractivity contribution >= 4 is 35.0 Å². The summed E-state index contributed by atoms with van der Waals surface area (Å²) in [4.78, 5) is 12.4. The van der Waals surface area contributed by atoms with E-state index in [0.717, 1.165) is 16.8 Å². The highest BCUT2D eigenvalue weighted by molar-refractivity contribution is 8.00. The summed E-state index contributed by atoms with van der Waals surface area (Å²) >= 11 is 7.25. The summed E-state index contributed by atoms with van der Waals surface area (Å²) in [5.74, 6) is 6.45. The van der Waals surface area contributed by atoms with Crippen molar-refractivity contribution in [3.63, 3.8) is 0 Å². The number of aromatic nitrogens is 3. The Morgan fingerprint density at radius 2 is 1.96 bits per heavy atom. The fourth-order valence-corrected chi connectivity index (χ4v) is 3.23. The minimum absolute atomic E-state index is 0.133. The molecular formula is C18H18ClN5OS. The number of carbonyl (C=O) groups is 1. The third-order valence-corrected chi connectivity index (χ3v) is 5.01. The van der Waals surface area contributed by atoms with E-state index in [1.807, 2.05) is 43.3 Å². The van der Waals surface area contributed by atoms with Crippen molar-refractivity contribution in [3.05, 3.63) is 59.1 Å². The molecule has 0 spiro atoms. The van der Waals surface area contributed by atoms with Gasteiger partial charge in [-0.2, -0.15) is 0 Å². The molecular weight excluding hydrogens is 370 g/mol. The van der Waals surface area contributed by atoms with Crippen molar-refractivity contribution in [2.45, 2.75) is 24.3 Å². The highest BCUT2D eigenvalue weighted by Crippen LogP contribution is 2.26. The zero-order valence-electron chi connectivity index (χ0n) is 14.3. The number of anilines is 1. The third-order valence-electron chi connectivity index (χ3n) is 3.72. The third kappa shape index (κ3) is 4.17. The van der Waals surface area contributed by atoms with Crippen LogP contribution in [0.5, 0.6) is 0 Å². The molecule has 134 valence electrons. The van der Waals surface area contributed by atoms with Crippen LogP contribution in [0.4, 0.5) is 5.69 Å². The monoisotopic (exact) mass is 387 g/mol. The Morgan fingerprint density at radius 1 is 1.23 bits per heavy atom. The summed E-state index contributed by atoms with van der Waals surface area (Å²) in [7, 11) is 0. The van der Waals surface area contributed by atoms with Crippen LogP contribution in [0.2, 0.25) is 5.02 Å². The summed E-state index contributed by atoms with van der Waals surface area (Å²) in [5.41, 5.74) is 2.65. The van der Waals surface area contributed by atoms with E-state index in [4.69, 9.17) is 17.4 Å². The van der Waals surface area contributed by atoms with Crippen LogP contribution in [-0.4, -0.2) is 26.0 Å². The zero-order chi connectivity index (χ0) is 18.7. The number of nitrogens with one attached hydrogen (secondary N) is 1. The molecule has 0 aliphatic heterocycles. The molecule has 26 heavy (non-hydrogen) atoms. The number of hydrogen-bond donors (Lipinski definition) is 2. The number of carbonyl (C=O) groups excluding carboxylic acids is 1. The molecule has 6 nitrogen and oxygen atoms in total. The Morgan fingerprint density at radius 3 is 2.65 bits per heavy atom. The fourth-order valence-electron chi connectivity index (χ4n) is 2.27. The lowest BCUT2D eigenvalue weighted by Gasteiger charge is -2.11.